The van der Waals surface area contributed by atoms with Crippen LogP contribution in [0.4, 0.5) is 0 Å². The fourth-order valence-electron chi connectivity index (χ4n) is 1.24. The van der Waals surface area contributed by atoms with Gasteiger partial charge >= 0.3 is 0 Å². The van der Waals surface area contributed by atoms with Crippen LogP contribution < -0.4 is 5.32 Å². The van der Waals surface area contributed by atoms with Crippen LogP contribution in [-0.4, -0.2) is 6.54 Å². The third kappa shape index (κ3) is 3.49. The molecule has 1 rings (SSSR count). The molecule has 1 aromatic rings. The SMILES string of the molecule is CC(NCCC#N)c1cccc(Br)c1. The Morgan fingerprint density at radius 3 is 3.00 bits per heavy atom. The van der Waals surface area contributed by atoms with Gasteiger partial charge in [-0.05, 0) is 24.6 Å². The first-order valence-electron chi connectivity index (χ1n) is 4.60. The fourth-order valence-corrected chi connectivity index (χ4v) is 1.66. The van der Waals surface area contributed by atoms with Gasteiger partial charge in [-0.1, -0.05) is 28.1 Å². The number of nitrogens with one attached hydrogen (secondary N) is 1. The maximum Gasteiger partial charge on any atom is 0.0635 e. The molecule has 0 aliphatic rings. The van der Waals surface area contributed by atoms with E-state index in [2.05, 4.69) is 46.4 Å². The van der Waals surface area contributed by atoms with Gasteiger partial charge in [-0.2, -0.15) is 5.26 Å². The highest BCUT2D eigenvalue weighted by Gasteiger charge is 2.03. The number of nitriles is 1. The smallest absolute Gasteiger partial charge is 0.0635 e. The number of halogens is 1. The fraction of sp³-hybridized carbons (Fsp3) is 0.364. The second kappa shape index (κ2) is 5.79. The summed E-state index contributed by atoms with van der Waals surface area (Å²) in [4.78, 5) is 0. The lowest BCUT2D eigenvalue weighted by Gasteiger charge is -2.13. The first-order valence-corrected chi connectivity index (χ1v) is 5.39. The number of hydrogen-bond acceptors (Lipinski definition) is 2. The Bertz CT molecular complexity index is 330. The van der Waals surface area contributed by atoms with Crippen molar-refractivity contribution in [1.82, 2.24) is 5.32 Å². The highest BCUT2D eigenvalue weighted by Crippen LogP contribution is 2.17. The molecule has 1 atom stereocenters. The van der Waals surface area contributed by atoms with Crippen molar-refractivity contribution in [1.29, 1.82) is 5.26 Å². The molecule has 0 saturated heterocycles. The van der Waals surface area contributed by atoms with Crippen LogP contribution in [0.25, 0.3) is 0 Å². The minimum absolute atomic E-state index is 0.292. The topological polar surface area (TPSA) is 35.8 Å². The number of nitrogens with zero attached hydrogens (tertiary/aromatic N) is 1. The van der Waals surface area contributed by atoms with E-state index in [1.54, 1.807) is 0 Å². The summed E-state index contributed by atoms with van der Waals surface area (Å²) in [6.45, 7) is 2.84. The van der Waals surface area contributed by atoms with E-state index in [0.29, 0.717) is 12.5 Å². The van der Waals surface area contributed by atoms with Crippen molar-refractivity contribution in [3.05, 3.63) is 34.3 Å². The maximum absolute atomic E-state index is 8.40. The van der Waals surface area contributed by atoms with E-state index in [1.165, 1.54) is 5.56 Å². The Kier molecular flexibility index (Phi) is 4.64. The van der Waals surface area contributed by atoms with Crippen molar-refractivity contribution in [2.75, 3.05) is 6.54 Å². The van der Waals surface area contributed by atoms with E-state index >= 15 is 0 Å². The third-order valence-electron chi connectivity index (χ3n) is 2.04. The Morgan fingerprint density at radius 1 is 1.57 bits per heavy atom. The standard InChI is InChI=1S/C11H13BrN2/c1-9(14-7-3-6-13)10-4-2-5-11(12)8-10/h2,4-5,8-9,14H,3,7H2,1H3. The van der Waals surface area contributed by atoms with Crippen molar-refractivity contribution >= 4 is 15.9 Å². The molecule has 0 aromatic heterocycles. The Morgan fingerprint density at radius 2 is 2.36 bits per heavy atom. The normalized spacial score (nSPS) is 12.1. The molecule has 14 heavy (non-hydrogen) atoms. The molecule has 1 unspecified atom stereocenters. The maximum atomic E-state index is 8.40. The second-order valence-corrected chi connectivity index (χ2v) is 4.05. The van der Waals surface area contributed by atoms with Gasteiger partial charge in [0, 0.05) is 23.5 Å². The quantitative estimate of drug-likeness (QED) is 0.837. The lowest BCUT2D eigenvalue weighted by molar-refractivity contribution is 0.583. The van der Waals surface area contributed by atoms with Crippen molar-refractivity contribution < 1.29 is 0 Å². The van der Waals surface area contributed by atoms with Gasteiger partial charge in [-0.3, -0.25) is 0 Å². The van der Waals surface area contributed by atoms with Gasteiger partial charge < -0.3 is 5.32 Å². The third-order valence-corrected chi connectivity index (χ3v) is 2.53. The van der Waals surface area contributed by atoms with Gasteiger partial charge in [0.15, 0.2) is 0 Å². The van der Waals surface area contributed by atoms with Crippen molar-refractivity contribution in [3.8, 4) is 6.07 Å². The largest absolute Gasteiger partial charge is 0.309 e. The summed E-state index contributed by atoms with van der Waals surface area (Å²) in [6, 6.07) is 10.6. The predicted octanol–water partition coefficient (Wildman–Crippen LogP) is 3.01. The first kappa shape index (κ1) is 11.2. The zero-order valence-electron chi connectivity index (χ0n) is 8.13. The van der Waals surface area contributed by atoms with Crippen LogP contribution >= 0.6 is 15.9 Å². The van der Waals surface area contributed by atoms with Crippen LogP contribution in [-0.2, 0) is 0 Å². The highest BCUT2D eigenvalue weighted by atomic mass is 79.9. The van der Waals surface area contributed by atoms with Crippen LogP contribution in [0.5, 0.6) is 0 Å². The zero-order valence-corrected chi connectivity index (χ0v) is 9.71. The minimum Gasteiger partial charge on any atom is -0.309 e. The van der Waals surface area contributed by atoms with Crippen molar-refractivity contribution in [3.63, 3.8) is 0 Å². The van der Waals surface area contributed by atoms with Crippen molar-refractivity contribution in [2.24, 2.45) is 0 Å². The number of rotatable bonds is 4. The lowest BCUT2D eigenvalue weighted by atomic mass is 10.1. The molecule has 0 bridgehead atoms. The summed E-state index contributed by atoms with van der Waals surface area (Å²) in [6.07, 6.45) is 0.554. The summed E-state index contributed by atoms with van der Waals surface area (Å²) in [5, 5.41) is 11.7. The lowest BCUT2D eigenvalue weighted by Crippen LogP contribution is -2.19. The first-order chi connectivity index (χ1) is 6.74. The van der Waals surface area contributed by atoms with E-state index in [4.69, 9.17) is 5.26 Å². The Balaban J connectivity index is 2.52. The molecule has 0 heterocycles. The molecular formula is C11H13BrN2. The van der Waals surface area contributed by atoms with E-state index in [-0.39, 0.29) is 0 Å². The highest BCUT2D eigenvalue weighted by molar-refractivity contribution is 9.10. The molecule has 3 heteroatoms. The molecule has 1 aromatic carbocycles. The van der Waals surface area contributed by atoms with E-state index in [1.807, 2.05) is 12.1 Å². The van der Waals surface area contributed by atoms with Gasteiger partial charge in [0.1, 0.15) is 0 Å². The molecule has 0 radical (unpaired) electrons. The zero-order chi connectivity index (χ0) is 10.4. The summed E-state index contributed by atoms with van der Waals surface area (Å²) >= 11 is 3.43. The van der Waals surface area contributed by atoms with Gasteiger partial charge in [0.05, 0.1) is 6.07 Å². The van der Waals surface area contributed by atoms with Crippen LogP contribution in [0.3, 0.4) is 0 Å². The van der Waals surface area contributed by atoms with Gasteiger partial charge in [0.25, 0.3) is 0 Å². The van der Waals surface area contributed by atoms with E-state index in [9.17, 15) is 0 Å². The van der Waals surface area contributed by atoms with Gasteiger partial charge in [0.2, 0.25) is 0 Å². The van der Waals surface area contributed by atoms with Crippen LogP contribution in [0.2, 0.25) is 0 Å². The molecule has 0 aliphatic heterocycles. The average molecular weight is 253 g/mol. The van der Waals surface area contributed by atoms with Crippen molar-refractivity contribution in [2.45, 2.75) is 19.4 Å². The van der Waals surface area contributed by atoms with E-state index < -0.39 is 0 Å². The Hall–Kier alpha value is -0.850. The summed E-state index contributed by atoms with van der Waals surface area (Å²) in [5.74, 6) is 0. The van der Waals surface area contributed by atoms with Crippen LogP contribution in [0, 0.1) is 11.3 Å². The molecule has 74 valence electrons. The average Bonchev–Trinajstić information content (AvgIpc) is 2.18. The Labute approximate surface area is 93.1 Å². The number of benzene rings is 1. The predicted molar refractivity (Wildman–Crippen MR) is 60.8 cm³/mol. The van der Waals surface area contributed by atoms with Crippen LogP contribution in [0.15, 0.2) is 28.7 Å². The summed E-state index contributed by atoms with van der Waals surface area (Å²) in [5.41, 5.74) is 1.23. The monoisotopic (exact) mass is 252 g/mol. The van der Waals surface area contributed by atoms with Gasteiger partial charge in [-0.15, -0.1) is 0 Å². The summed E-state index contributed by atoms with van der Waals surface area (Å²) < 4.78 is 1.09. The van der Waals surface area contributed by atoms with Gasteiger partial charge in [-0.25, -0.2) is 0 Å². The molecule has 1 N–H and O–H groups in total. The molecule has 0 amide bonds. The molecule has 0 saturated carbocycles. The molecular weight excluding hydrogens is 240 g/mol. The molecule has 0 fully saturated rings. The molecule has 2 nitrogen and oxygen atoms in total. The van der Waals surface area contributed by atoms with Crippen LogP contribution in [0.1, 0.15) is 24.9 Å². The number of hydrogen-bond donors (Lipinski definition) is 1. The summed E-state index contributed by atoms with van der Waals surface area (Å²) in [7, 11) is 0. The molecule has 0 aliphatic carbocycles. The van der Waals surface area contributed by atoms with E-state index in [0.717, 1.165) is 11.0 Å². The molecule has 0 spiro atoms. The second-order valence-electron chi connectivity index (χ2n) is 3.14. The minimum atomic E-state index is 0.292.